The monoisotopic (exact) mass is 293 g/mol. The van der Waals surface area contributed by atoms with E-state index in [0.717, 1.165) is 5.56 Å². The van der Waals surface area contributed by atoms with Gasteiger partial charge in [0.15, 0.2) is 0 Å². The highest BCUT2D eigenvalue weighted by Crippen LogP contribution is 2.11. The summed E-state index contributed by atoms with van der Waals surface area (Å²) in [5.41, 5.74) is 0.920. The summed E-state index contributed by atoms with van der Waals surface area (Å²) in [7, 11) is 0. The van der Waals surface area contributed by atoms with Gasteiger partial charge in [0, 0.05) is 26.2 Å². The van der Waals surface area contributed by atoms with Crippen molar-refractivity contribution < 1.29 is 19.4 Å². The second-order valence-electron chi connectivity index (χ2n) is 4.82. The van der Waals surface area contributed by atoms with Crippen LogP contribution in [-0.4, -0.2) is 41.1 Å². The van der Waals surface area contributed by atoms with Crippen molar-refractivity contribution >= 4 is 11.9 Å². The Morgan fingerprint density at radius 2 is 1.95 bits per heavy atom. The first-order chi connectivity index (χ1) is 10.1. The van der Waals surface area contributed by atoms with Gasteiger partial charge in [-0.1, -0.05) is 30.3 Å². The van der Waals surface area contributed by atoms with Crippen LogP contribution in [0.3, 0.4) is 0 Å². The molecule has 1 amide bonds. The molecular formula is C16H23NO4. The number of carboxylic acid groups (broad SMARTS) is 1. The van der Waals surface area contributed by atoms with Crippen LogP contribution in [0.2, 0.25) is 0 Å². The minimum absolute atomic E-state index is 0.159. The largest absolute Gasteiger partial charge is 0.480 e. The van der Waals surface area contributed by atoms with Gasteiger partial charge in [0.2, 0.25) is 5.91 Å². The zero-order chi connectivity index (χ0) is 15.7. The van der Waals surface area contributed by atoms with E-state index in [1.165, 1.54) is 11.8 Å². The summed E-state index contributed by atoms with van der Waals surface area (Å²) in [6, 6.07) is 8.56. The number of aliphatic carboxylic acids is 1. The third-order valence-corrected chi connectivity index (χ3v) is 3.22. The topological polar surface area (TPSA) is 66.8 Å². The van der Waals surface area contributed by atoms with Gasteiger partial charge >= 0.3 is 5.97 Å². The number of hydrogen-bond acceptors (Lipinski definition) is 3. The number of benzene rings is 1. The SMILES string of the molecule is CCOCCCC(=O)N(Cc1ccccc1)C(C)C(=O)O. The second-order valence-corrected chi connectivity index (χ2v) is 4.82. The molecule has 5 nitrogen and oxygen atoms in total. The summed E-state index contributed by atoms with van der Waals surface area (Å²) in [5.74, 6) is -1.16. The molecule has 1 N–H and O–H groups in total. The Bertz CT molecular complexity index is 447. The molecule has 0 bridgehead atoms. The zero-order valence-corrected chi connectivity index (χ0v) is 12.6. The number of ether oxygens (including phenoxy) is 1. The minimum Gasteiger partial charge on any atom is -0.480 e. The van der Waals surface area contributed by atoms with E-state index in [1.807, 2.05) is 37.3 Å². The molecule has 0 heterocycles. The molecule has 116 valence electrons. The molecule has 0 radical (unpaired) electrons. The van der Waals surface area contributed by atoms with Crippen LogP contribution in [0, 0.1) is 0 Å². The van der Waals surface area contributed by atoms with E-state index in [1.54, 1.807) is 0 Å². The van der Waals surface area contributed by atoms with Crippen LogP contribution in [-0.2, 0) is 20.9 Å². The lowest BCUT2D eigenvalue weighted by Gasteiger charge is -2.26. The molecule has 21 heavy (non-hydrogen) atoms. The van der Waals surface area contributed by atoms with E-state index >= 15 is 0 Å². The molecule has 0 spiro atoms. The van der Waals surface area contributed by atoms with Crippen LogP contribution < -0.4 is 0 Å². The van der Waals surface area contributed by atoms with Crippen molar-refractivity contribution in [3.05, 3.63) is 35.9 Å². The van der Waals surface area contributed by atoms with E-state index in [-0.39, 0.29) is 5.91 Å². The Hall–Kier alpha value is -1.88. The molecule has 1 rings (SSSR count). The summed E-state index contributed by atoms with van der Waals surface area (Å²) in [6.07, 6.45) is 0.898. The fraction of sp³-hybridized carbons (Fsp3) is 0.500. The smallest absolute Gasteiger partial charge is 0.326 e. The average Bonchev–Trinajstić information content (AvgIpc) is 2.49. The third kappa shape index (κ3) is 5.95. The molecule has 0 aromatic heterocycles. The van der Waals surface area contributed by atoms with Crippen molar-refractivity contribution in [2.45, 2.75) is 39.3 Å². The molecular weight excluding hydrogens is 270 g/mol. The molecule has 0 saturated heterocycles. The average molecular weight is 293 g/mol. The molecule has 1 aromatic carbocycles. The lowest BCUT2D eigenvalue weighted by Crippen LogP contribution is -2.42. The van der Waals surface area contributed by atoms with Gasteiger partial charge in [-0.25, -0.2) is 4.79 Å². The Balaban J connectivity index is 2.68. The van der Waals surface area contributed by atoms with Crippen LogP contribution in [0.25, 0.3) is 0 Å². The van der Waals surface area contributed by atoms with E-state index < -0.39 is 12.0 Å². The fourth-order valence-corrected chi connectivity index (χ4v) is 1.97. The summed E-state index contributed by atoms with van der Waals surface area (Å²) in [6.45, 7) is 4.87. The van der Waals surface area contributed by atoms with Gasteiger partial charge in [0.25, 0.3) is 0 Å². The fourth-order valence-electron chi connectivity index (χ4n) is 1.97. The van der Waals surface area contributed by atoms with E-state index in [2.05, 4.69) is 0 Å². The lowest BCUT2D eigenvalue weighted by atomic mass is 10.1. The Kier molecular flexibility index (Phi) is 7.46. The first-order valence-corrected chi connectivity index (χ1v) is 7.20. The Morgan fingerprint density at radius 1 is 1.29 bits per heavy atom. The van der Waals surface area contributed by atoms with Crippen molar-refractivity contribution in [2.75, 3.05) is 13.2 Å². The summed E-state index contributed by atoms with van der Waals surface area (Å²) in [4.78, 5) is 24.9. The highest BCUT2D eigenvalue weighted by molar-refractivity contribution is 5.83. The standard InChI is InChI=1S/C16H23NO4/c1-3-21-11-7-10-15(18)17(13(2)16(19)20)12-14-8-5-4-6-9-14/h4-6,8-9,13H,3,7,10-12H2,1-2H3,(H,19,20). The molecule has 0 saturated carbocycles. The molecule has 1 unspecified atom stereocenters. The van der Waals surface area contributed by atoms with Gasteiger partial charge in [-0.2, -0.15) is 0 Å². The lowest BCUT2D eigenvalue weighted by molar-refractivity contribution is -0.150. The Labute approximate surface area is 125 Å². The number of carbonyl (C=O) groups is 2. The van der Waals surface area contributed by atoms with Crippen LogP contribution >= 0.6 is 0 Å². The molecule has 0 aliphatic heterocycles. The highest BCUT2D eigenvalue weighted by atomic mass is 16.5. The van der Waals surface area contributed by atoms with Crippen molar-refractivity contribution in [3.8, 4) is 0 Å². The number of carboxylic acids is 1. The van der Waals surface area contributed by atoms with Gasteiger partial charge in [0.1, 0.15) is 6.04 Å². The van der Waals surface area contributed by atoms with Gasteiger partial charge in [-0.15, -0.1) is 0 Å². The van der Waals surface area contributed by atoms with E-state index in [0.29, 0.717) is 32.6 Å². The predicted molar refractivity (Wildman–Crippen MR) is 79.8 cm³/mol. The summed E-state index contributed by atoms with van der Waals surface area (Å²) in [5, 5.41) is 9.17. The van der Waals surface area contributed by atoms with Gasteiger partial charge < -0.3 is 14.7 Å². The maximum atomic E-state index is 12.3. The van der Waals surface area contributed by atoms with Crippen molar-refractivity contribution in [1.82, 2.24) is 4.90 Å². The first kappa shape index (κ1) is 17.2. The van der Waals surface area contributed by atoms with Crippen LogP contribution in [0.1, 0.15) is 32.3 Å². The molecule has 5 heteroatoms. The molecule has 1 atom stereocenters. The molecule has 1 aromatic rings. The maximum Gasteiger partial charge on any atom is 0.326 e. The Morgan fingerprint density at radius 3 is 2.52 bits per heavy atom. The van der Waals surface area contributed by atoms with Crippen molar-refractivity contribution in [3.63, 3.8) is 0 Å². The van der Waals surface area contributed by atoms with Gasteiger partial charge in [-0.3, -0.25) is 4.79 Å². The molecule has 0 fully saturated rings. The second kappa shape index (κ2) is 9.13. The normalized spacial score (nSPS) is 11.9. The van der Waals surface area contributed by atoms with Crippen LogP contribution in [0.5, 0.6) is 0 Å². The third-order valence-electron chi connectivity index (χ3n) is 3.22. The zero-order valence-electron chi connectivity index (χ0n) is 12.6. The van der Waals surface area contributed by atoms with Crippen molar-refractivity contribution in [2.24, 2.45) is 0 Å². The maximum absolute atomic E-state index is 12.3. The van der Waals surface area contributed by atoms with Crippen LogP contribution in [0.15, 0.2) is 30.3 Å². The van der Waals surface area contributed by atoms with Crippen molar-refractivity contribution in [1.29, 1.82) is 0 Å². The predicted octanol–water partition coefficient (Wildman–Crippen LogP) is 2.31. The number of hydrogen-bond donors (Lipinski definition) is 1. The highest BCUT2D eigenvalue weighted by Gasteiger charge is 2.25. The summed E-state index contributed by atoms with van der Waals surface area (Å²) < 4.78 is 5.20. The number of nitrogens with zero attached hydrogens (tertiary/aromatic N) is 1. The molecule has 0 aliphatic carbocycles. The van der Waals surface area contributed by atoms with E-state index in [9.17, 15) is 14.7 Å². The number of carbonyl (C=O) groups excluding carboxylic acids is 1. The summed E-state index contributed by atoms with van der Waals surface area (Å²) >= 11 is 0. The van der Waals surface area contributed by atoms with E-state index in [4.69, 9.17) is 4.74 Å². The number of rotatable bonds is 9. The van der Waals surface area contributed by atoms with Gasteiger partial charge in [0.05, 0.1) is 0 Å². The number of amides is 1. The minimum atomic E-state index is -0.996. The van der Waals surface area contributed by atoms with Gasteiger partial charge in [-0.05, 0) is 25.8 Å². The van der Waals surface area contributed by atoms with Crippen LogP contribution in [0.4, 0.5) is 0 Å². The first-order valence-electron chi connectivity index (χ1n) is 7.20. The molecule has 0 aliphatic rings. The quantitative estimate of drug-likeness (QED) is 0.709.